The largest absolute Gasteiger partial charge is 0.465 e. The van der Waals surface area contributed by atoms with E-state index in [0.717, 1.165) is 0 Å². The molecule has 0 aliphatic carbocycles. The van der Waals surface area contributed by atoms with Gasteiger partial charge in [0.15, 0.2) is 0 Å². The van der Waals surface area contributed by atoms with Crippen molar-refractivity contribution in [3.8, 4) is 0 Å². The average molecular weight is 204 g/mol. The summed E-state index contributed by atoms with van der Waals surface area (Å²) in [5.41, 5.74) is 0.379. The number of halogens is 2. The predicted octanol–water partition coefficient (Wildman–Crippen LogP) is 1.99. The summed E-state index contributed by atoms with van der Waals surface area (Å²) in [5.74, 6) is -0.557. The molecular weight excluding hydrogens is 197 g/mol. The highest BCUT2D eigenvalue weighted by atomic mass is 35.5. The van der Waals surface area contributed by atoms with E-state index >= 15 is 0 Å². The zero-order valence-electron chi connectivity index (χ0n) is 6.88. The van der Waals surface area contributed by atoms with Crippen LogP contribution in [0, 0.1) is 0 Å². The molecule has 0 saturated carbocycles. The van der Waals surface area contributed by atoms with Crippen LogP contribution in [0.1, 0.15) is 15.9 Å². The quantitative estimate of drug-likeness (QED) is 0.545. The van der Waals surface area contributed by atoms with E-state index in [1.54, 1.807) is 0 Å². The van der Waals surface area contributed by atoms with Crippen molar-refractivity contribution in [1.82, 2.24) is 4.98 Å². The van der Waals surface area contributed by atoms with Crippen LogP contribution in [-0.4, -0.2) is 18.1 Å². The molecule has 1 heterocycles. The van der Waals surface area contributed by atoms with E-state index in [1.807, 2.05) is 0 Å². The van der Waals surface area contributed by atoms with E-state index in [1.165, 1.54) is 19.4 Å². The topological polar surface area (TPSA) is 39.2 Å². The molecule has 0 aromatic carbocycles. The number of hydrogen-bond donors (Lipinski definition) is 0. The SMILES string of the molecule is COC(=O)c1cnc(Cl)c(CF)c1. The van der Waals surface area contributed by atoms with Crippen LogP contribution in [0.25, 0.3) is 0 Å². The van der Waals surface area contributed by atoms with Crippen molar-refractivity contribution in [2.45, 2.75) is 6.67 Å². The number of ether oxygens (including phenoxy) is 1. The van der Waals surface area contributed by atoms with Gasteiger partial charge in [-0.3, -0.25) is 0 Å². The number of nitrogens with zero attached hydrogens (tertiary/aromatic N) is 1. The Bertz CT molecular complexity index is 330. The van der Waals surface area contributed by atoms with Gasteiger partial charge >= 0.3 is 5.97 Å². The lowest BCUT2D eigenvalue weighted by Crippen LogP contribution is -2.03. The Morgan fingerprint density at radius 3 is 3.00 bits per heavy atom. The molecule has 0 fully saturated rings. The number of rotatable bonds is 2. The number of carbonyl (C=O) groups excluding carboxylic acids is 1. The zero-order valence-corrected chi connectivity index (χ0v) is 7.64. The van der Waals surface area contributed by atoms with Crippen LogP contribution in [0.15, 0.2) is 12.3 Å². The van der Waals surface area contributed by atoms with Gasteiger partial charge in [-0.15, -0.1) is 0 Å². The molecular formula is C8H7ClFNO2. The fraction of sp³-hybridized carbons (Fsp3) is 0.250. The van der Waals surface area contributed by atoms with Crippen molar-refractivity contribution in [2.75, 3.05) is 7.11 Å². The minimum atomic E-state index is -0.753. The fourth-order valence-corrected chi connectivity index (χ4v) is 0.971. The van der Waals surface area contributed by atoms with Crippen LogP contribution in [0.4, 0.5) is 4.39 Å². The summed E-state index contributed by atoms with van der Waals surface area (Å²) in [4.78, 5) is 14.6. The third-order valence-electron chi connectivity index (χ3n) is 1.48. The van der Waals surface area contributed by atoms with Crippen LogP contribution in [0.3, 0.4) is 0 Å². The molecule has 0 saturated heterocycles. The summed E-state index contributed by atoms with van der Waals surface area (Å²) in [6.45, 7) is -0.753. The van der Waals surface area contributed by atoms with Gasteiger partial charge in [0.2, 0.25) is 0 Å². The second kappa shape index (κ2) is 4.18. The molecule has 1 rings (SSSR count). The van der Waals surface area contributed by atoms with E-state index in [9.17, 15) is 9.18 Å². The number of pyridine rings is 1. The minimum Gasteiger partial charge on any atom is -0.465 e. The monoisotopic (exact) mass is 203 g/mol. The number of aromatic nitrogens is 1. The Balaban J connectivity index is 3.06. The molecule has 13 heavy (non-hydrogen) atoms. The molecule has 0 radical (unpaired) electrons. The minimum absolute atomic E-state index is 0.0650. The first kappa shape index (κ1) is 9.92. The smallest absolute Gasteiger partial charge is 0.339 e. The molecule has 1 aromatic heterocycles. The highest BCUT2D eigenvalue weighted by molar-refractivity contribution is 6.30. The van der Waals surface area contributed by atoms with Crippen LogP contribution >= 0.6 is 11.6 Å². The molecule has 0 spiro atoms. The second-order valence-corrected chi connectivity index (χ2v) is 2.66. The first-order valence-corrected chi connectivity index (χ1v) is 3.85. The Hall–Kier alpha value is -1.16. The molecule has 1 aromatic rings. The molecule has 0 aliphatic heterocycles. The maximum absolute atomic E-state index is 12.3. The number of carbonyl (C=O) groups is 1. The molecule has 5 heteroatoms. The van der Waals surface area contributed by atoms with Crippen molar-refractivity contribution in [3.63, 3.8) is 0 Å². The van der Waals surface area contributed by atoms with Crippen LogP contribution in [-0.2, 0) is 11.4 Å². The van der Waals surface area contributed by atoms with Gasteiger partial charge in [0.25, 0.3) is 0 Å². The molecule has 0 unspecified atom stereocenters. The van der Waals surface area contributed by atoms with Gasteiger partial charge in [-0.25, -0.2) is 14.2 Å². The van der Waals surface area contributed by atoms with Gasteiger partial charge < -0.3 is 4.74 Å². The number of hydrogen-bond acceptors (Lipinski definition) is 3. The van der Waals surface area contributed by atoms with Crippen LogP contribution < -0.4 is 0 Å². The van der Waals surface area contributed by atoms with E-state index < -0.39 is 12.6 Å². The Morgan fingerprint density at radius 2 is 2.46 bits per heavy atom. The Labute approximate surface area is 79.5 Å². The lowest BCUT2D eigenvalue weighted by Gasteiger charge is -2.01. The fourth-order valence-electron chi connectivity index (χ4n) is 0.817. The summed E-state index contributed by atoms with van der Waals surface area (Å²) < 4.78 is 16.7. The number of methoxy groups -OCH3 is 1. The van der Waals surface area contributed by atoms with Crippen molar-refractivity contribution in [1.29, 1.82) is 0 Å². The average Bonchev–Trinajstić information content (AvgIpc) is 2.17. The summed E-state index contributed by atoms with van der Waals surface area (Å²) in [6, 6.07) is 1.32. The lowest BCUT2D eigenvalue weighted by molar-refractivity contribution is 0.0600. The van der Waals surface area contributed by atoms with E-state index in [0.29, 0.717) is 0 Å². The summed E-state index contributed by atoms with van der Waals surface area (Å²) in [5, 5.41) is 0.0650. The first-order valence-electron chi connectivity index (χ1n) is 3.47. The van der Waals surface area contributed by atoms with Gasteiger partial charge in [-0.05, 0) is 6.07 Å². The van der Waals surface area contributed by atoms with Crippen molar-refractivity contribution in [3.05, 3.63) is 28.5 Å². The molecule has 0 N–H and O–H groups in total. The molecule has 0 atom stereocenters. The standard InChI is InChI=1S/C8H7ClFNO2/c1-13-8(12)6-2-5(3-10)7(9)11-4-6/h2,4H,3H2,1H3. The zero-order chi connectivity index (χ0) is 9.84. The Morgan fingerprint density at radius 1 is 1.77 bits per heavy atom. The van der Waals surface area contributed by atoms with Gasteiger partial charge in [0.1, 0.15) is 11.8 Å². The van der Waals surface area contributed by atoms with E-state index in [-0.39, 0.29) is 16.3 Å². The van der Waals surface area contributed by atoms with Crippen molar-refractivity contribution in [2.24, 2.45) is 0 Å². The van der Waals surface area contributed by atoms with Crippen molar-refractivity contribution < 1.29 is 13.9 Å². The Kier molecular flexibility index (Phi) is 3.19. The molecule has 0 aliphatic rings. The maximum atomic E-state index is 12.3. The molecule has 70 valence electrons. The lowest BCUT2D eigenvalue weighted by atomic mass is 10.2. The van der Waals surface area contributed by atoms with Gasteiger partial charge in [-0.2, -0.15) is 0 Å². The van der Waals surface area contributed by atoms with Crippen LogP contribution in [0.5, 0.6) is 0 Å². The van der Waals surface area contributed by atoms with Gasteiger partial charge in [0, 0.05) is 11.8 Å². The second-order valence-electron chi connectivity index (χ2n) is 2.30. The number of esters is 1. The highest BCUT2D eigenvalue weighted by Gasteiger charge is 2.09. The molecule has 0 amide bonds. The first-order chi connectivity index (χ1) is 6.19. The van der Waals surface area contributed by atoms with Crippen LogP contribution in [0.2, 0.25) is 5.15 Å². The predicted molar refractivity (Wildman–Crippen MR) is 45.4 cm³/mol. The maximum Gasteiger partial charge on any atom is 0.339 e. The third-order valence-corrected chi connectivity index (χ3v) is 1.82. The summed E-state index contributed by atoms with van der Waals surface area (Å²) in [6.07, 6.45) is 1.24. The van der Waals surface area contributed by atoms with Gasteiger partial charge in [-0.1, -0.05) is 11.6 Å². The molecule has 3 nitrogen and oxygen atoms in total. The normalized spacial score (nSPS) is 9.77. The summed E-state index contributed by atoms with van der Waals surface area (Å²) >= 11 is 5.54. The highest BCUT2D eigenvalue weighted by Crippen LogP contribution is 2.15. The third kappa shape index (κ3) is 2.15. The van der Waals surface area contributed by atoms with E-state index in [2.05, 4.69) is 9.72 Å². The molecule has 0 bridgehead atoms. The summed E-state index contributed by atoms with van der Waals surface area (Å²) in [7, 11) is 1.24. The van der Waals surface area contributed by atoms with Gasteiger partial charge in [0.05, 0.1) is 12.7 Å². The van der Waals surface area contributed by atoms with E-state index in [4.69, 9.17) is 11.6 Å². The number of alkyl halides is 1. The van der Waals surface area contributed by atoms with Crippen molar-refractivity contribution >= 4 is 17.6 Å².